The number of non-ortho nitro benzene ring substituents is 2. The van der Waals surface area contributed by atoms with Gasteiger partial charge in [-0.05, 0) is 18.2 Å². The van der Waals surface area contributed by atoms with Crippen molar-refractivity contribution < 1.29 is 19.4 Å². The highest BCUT2D eigenvalue weighted by Crippen LogP contribution is 2.19. The molecule has 0 radical (unpaired) electrons. The molecule has 0 unspecified atom stereocenters. The minimum atomic E-state index is -0.665. The van der Waals surface area contributed by atoms with Gasteiger partial charge >= 0.3 is 5.97 Å². The SMILES string of the molecule is O=C(OCc1nc2ccc([N+](=O)[O-])cc2[nH]1)c1ccc([N+](=O)[O-])cc1. The molecule has 0 fully saturated rings. The molecule has 10 heteroatoms. The second kappa shape index (κ2) is 6.35. The monoisotopic (exact) mass is 342 g/mol. The van der Waals surface area contributed by atoms with Crippen molar-refractivity contribution in [1.29, 1.82) is 0 Å². The average Bonchev–Trinajstić information content (AvgIpc) is 3.01. The summed E-state index contributed by atoms with van der Waals surface area (Å²) >= 11 is 0. The van der Waals surface area contributed by atoms with Crippen molar-refractivity contribution in [3.05, 3.63) is 74.1 Å². The number of nitrogens with one attached hydrogen (secondary N) is 1. The van der Waals surface area contributed by atoms with Crippen molar-refractivity contribution in [2.24, 2.45) is 0 Å². The first kappa shape index (κ1) is 16.1. The minimum absolute atomic E-state index is 0.0782. The number of esters is 1. The zero-order chi connectivity index (χ0) is 18.0. The Kier molecular flexibility index (Phi) is 4.08. The van der Waals surface area contributed by atoms with Gasteiger partial charge in [-0.25, -0.2) is 9.78 Å². The topological polar surface area (TPSA) is 141 Å². The highest BCUT2D eigenvalue weighted by Gasteiger charge is 2.13. The molecule has 1 heterocycles. The first-order valence-corrected chi connectivity index (χ1v) is 6.98. The second-order valence-corrected chi connectivity index (χ2v) is 5.02. The number of nitrogens with zero attached hydrogens (tertiary/aromatic N) is 3. The van der Waals surface area contributed by atoms with E-state index in [2.05, 4.69) is 9.97 Å². The number of nitro benzene ring substituents is 2. The van der Waals surface area contributed by atoms with Crippen LogP contribution in [-0.2, 0) is 11.3 Å². The fourth-order valence-electron chi connectivity index (χ4n) is 2.17. The maximum absolute atomic E-state index is 11.9. The van der Waals surface area contributed by atoms with E-state index in [9.17, 15) is 25.0 Å². The number of benzene rings is 2. The summed E-state index contributed by atoms with van der Waals surface area (Å²) in [6.45, 7) is -0.168. The van der Waals surface area contributed by atoms with Gasteiger partial charge < -0.3 is 9.72 Å². The van der Waals surface area contributed by atoms with Crippen LogP contribution in [-0.4, -0.2) is 25.8 Å². The van der Waals surface area contributed by atoms with Gasteiger partial charge in [0, 0.05) is 24.3 Å². The number of ether oxygens (including phenoxy) is 1. The molecule has 0 saturated heterocycles. The number of fused-ring (bicyclic) bond motifs is 1. The molecule has 25 heavy (non-hydrogen) atoms. The predicted octanol–water partition coefficient (Wildman–Crippen LogP) is 2.74. The zero-order valence-electron chi connectivity index (χ0n) is 12.5. The first-order valence-electron chi connectivity index (χ1n) is 6.98. The second-order valence-electron chi connectivity index (χ2n) is 5.02. The summed E-state index contributed by atoms with van der Waals surface area (Å²) in [5, 5.41) is 21.3. The van der Waals surface area contributed by atoms with Crippen LogP contribution in [0.4, 0.5) is 11.4 Å². The third-order valence-corrected chi connectivity index (χ3v) is 3.38. The van der Waals surface area contributed by atoms with E-state index in [1.165, 1.54) is 42.5 Å². The van der Waals surface area contributed by atoms with Crippen LogP contribution >= 0.6 is 0 Å². The number of aromatic nitrogens is 2. The number of hydrogen-bond donors (Lipinski definition) is 1. The molecule has 3 aromatic rings. The van der Waals surface area contributed by atoms with Crippen LogP contribution in [0.3, 0.4) is 0 Å². The largest absolute Gasteiger partial charge is 0.454 e. The lowest BCUT2D eigenvalue weighted by atomic mass is 10.2. The standard InChI is InChI=1S/C15H10N4O6/c20-15(9-1-3-10(4-2-9)18(21)22)25-8-14-16-12-6-5-11(19(23)24)7-13(12)17-14/h1-7H,8H2,(H,16,17). The molecule has 3 rings (SSSR count). The van der Waals surface area contributed by atoms with Gasteiger partial charge in [-0.3, -0.25) is 20.2 Å². The van der Waals surface area contributed by atoms with Gasteiger partial charge in [0.05, 0.1) is 26.4 Å². The number of carbonyl (C=O) groups excluding carboxylic acids is 1. The van der Waals surface area contributed by atoms with Crippen molar-refractivity contribution >= 4 is 28.4 Å². The van der Waals surface area contributed by atoms with Crippen LogP contribution in [0.5, 0.6) is 0 Å². The molecule has 1 N–H and O–H groups in total. The number of H-pyrrole nitrogens is 1. The Morgan fingerprint density at radius 3 is 2.32 bits per heavy atom. The van der Waals surface area contributed by atoms with Crippen molar-refractivity contribution in [2.45, 2.75) is 6.61 Å². The Morgan fingerprint density at radius 2 is 1.68 bits per heavy atom. The Labute approximate surface area is 139 Å². The fourth-order valence-corrected chi connectivity index (χ4v) is 2.17. The highest BCUT2D eigenvalue weighted by molar-refractivity contribution is 5.89. The van der Waals surface area contributed by atoms with Gasteiger partial charge in [0.25, 0.3) is 11.4 Å². The van der Waals surface area contributed by atoms with E-state index in [1.807, 2.05) is 0 Å². The molecule has 1 aromatic heterocycles. The smallest absolute Gasteiger partial charge is 0.338 e. The van der Waals surface area contributed by atoms with E-state index in [1.54, 1.807) is 0 Å². The van der Waals surface area contributed by atoms with Crippen molar-refractivity contribution in [3.63, 3.8) is 0 Å². The van der Waals surface area contributed by atoms with E-state index in [4.69, 9.17) is 4.74 Å². The molecule has 0 bridgehead atoms. The van der Waals surface area contributed by atoms with Crippen LogP contribution in [0.1, 0.15) is 16.2 Å². The number of rotatable bonds is 5. The molecular weight excluding hydrogens is 332 g/mol. The summed E-state index contributed by atoms with van der Waals surface area (Å²) in [5.74, 6) is -0.341. The van der Waals surface area contributed by atoms with Crippen molar-refractivity contribution in [3.8, 4) is 0 Å². The lowest BCUT2D eigenvalue weighted by Gasteiger charge is -2.02. The molecule has 0 atom stereocenters. The number of nitro groups is 2. The van der Waals surface area contributed by atoms with E-state index in [-0.39, 0.29) is 23.5 Å². The fraction of sp³-hybridized carbons (Fsp3) is 0.0667. The molecule has 0 aliphatic rings. The molecule has 10 nitrogen and oxygen atoms in total. The number of carbonyl (C=O) groups is 1. The van der Waals surface area contributed by atoms with E-state index >= 15 is 0 Å². The third-order valence-electron chi connectivity index (χ3n) is 3.38. The van der Waals surface area contributed by atoms with Crippen LogP contribution in [0.25, 0.3) is 11.0 Å². The summed E-state index contributed by atoms with van der Waals surface area (Å²) in [7, 11) is 0. The molecule has 0 aliphatic carbocycles. The van der Waals surface area contributed by atoms with E-state index < -0.39 is 15.8 Å². The molecule has 0 aliphatic heterocycles. The molecule has 0 amide bonds. The van der Waals surface area contributed by atoms with Crippen LogP contribution in [0.2, 0.25) is 0 Å². The first-order chi connectivity index (χ1) is 11.9. The van der Waals surface area contributed by atoms with E-state index in [0.29, 0.717) is 16.9 Å². The summed E-state index contributed by atoms with van der Waals surface area (Å²) in [4.78, 5) is 39.2. The summed E-state index contributed by atoms with van der Waals surface area (Å²) in [6.07, 6.45) is 0. The molecule has 126 valence electrons. The number of hydrogen-bond acceptors (Lipinski definition) is 7. The zero-order valence-corrected chi connectivity index (χ0v) is 12.5. The molecule has 2 aromatic carbocycles. The predicted molar refractivity (Wildman–Crippen MR) is 85.0 cm³/mol. The van der Waals surface area contributed by atoms with Gasteiger partial charge in [-0.15, -0.1) is 0 Å². The Hall–Kier alpha value is -3.82. The number of imidazole rings is 1. The Bertz CT molecular complexity index is 979. The normalized spacial score (nSPS) is 10.6. The van der Waals surface area contributed by atoms with Crippen LogP contribution in [0, 0.1) is 20.2 Å². The third kappa shape index (κ3) is 3.42. The van der Waals surface area contributed by atoms with Crippen LogP contribution in [0.15, 0.2) is 42.5 Å². The van der Waals surface area contributed by atoms with Crippen molar-refractivity contribution in [1.82, 2.24) is 9.97 Å². The van der Waals surface area contributed by atoms with Gasteiger partial charge in [0.15, 0.2) is 0 Å². The van der Waals surface area contributed by atoms with Crippen molar-refractivity contribution in [2.75, 3.05) is 0 Å². The molecule has 0 spiro atoms. The summed E-state index contributed by atoms with van der Waals surface area (Å²) in [6, 6.07) is 9.16. The van der Waals surface area contributed by atoms with Crippen LogP contribution < -0.4 is 0 Å². The van der Waals surface area contributed by atoms with E-state index in [0.717, 1.165) is 0 Å². The lowest BCUT2D eigenvalue weighted by molar-refractivity contribution is -0.385. The average molecular weight is 342 g/mol. The maximum Gasteiger partial charge on any atom is 0.338 e. The van der Waals surface area contributed by atoms with Gasteiger partial charge in [0.2, 0.25) is 0 Å². The Morgan fingerprint density at radius 1 is 1.04 bits per heavy atom. The highest BCUT2D eigenvalue weighted by atomic mass is 16.6. The molecular formula is C15H10N4O6. The minimum Gasteiger partial charge on any atom is -0.454 e. The van der Waals surface area contributed by atoms with Gasteiger partial charge in [-0.1, -0.05) is 0 Å². The molecule has 0 saturated carbocycles. The number of aromatic amines is 1. The van der Waals surface area contributed by atoms with Gasteiger partial charge in [-0.2, -0.15) is 0 Å². The summed E-state index contributed by atoms with van der Waals surface area (Å²) in [5.41, 5.74) is 0.918. The lowest BCUT2D eigenvalue weighted by Crippen LogP contribution is -2.06. The quantitative estimate of drug-likeness (QED) is 0.427. The summed E-state index contributed by atoms with van der Waals surface area (Å²) < 4.78 is 5.09. The van der Waals surface area contributed by atoms with Gasteiger partial charge in [0.1, 0.15) is 12.4 Å². The Balaban J connectivity index is 1.70. The maximum atomic E-state index is 11.9.